The largest absolute Gasteiger partial charge is 0.497 e. The second kappa shape index (κ2) is 8.01. The molecule has 2 N–H and O–H groups in total. The maximum atomic E-state index is 13.0. The van der Waals surface area contributed by atoms with Crippen molar-refractivity contribution in [1.82, 2.24) is 9.78 Å². The van der Waals surface area contributed by atoms with Crippen LogP contribution in [0.15, 0.2) is 42.5 Å². The van der Waals surface area contributed by atoms with E-state index in [0.29, 0.717) is 27.2 Å². The van der Waals surface area contributed by atoms with Crippen LogP contribution in [-0.4, -0.2) is 28.7 Å². The molecule has 9 heteroatoms. The van der Waals surface area contributed by atoms with Gasteiger partial charge in [0.25, 0.3) is 0 Å². The number of benzene rings is 2. The van der Waals surface area contributed by atoms with Gasteiger partial charge in [-0.3, -0.25) is 9.59 Å². The molecule has 4 rings (SSSR count). The van der Waals surface area contributed by atoms with Crippen molar-refractivity contribution in [3.05, 3.63) is 58.1 Å². The molecule has 1 aliphatic heterocycles. The molecule has 0 fully saturated rings. The molecule has 7 nitrogen and oxygen atoms in total. The lowest BCUT2D eigenvalue weighted by molar-refractivity contribution is -0.125. The van der Waals surface area contributed by atoms with Crippen molar-refractivity contribution in [3.63, 3.8) is 0 Å². The molecule has 1 aromatic heterocycles. The van der Waals surface area contributed by atoms with E-state index in [2.05, 4.69) is 15.7 Å². The topological polar surface area (TPSA) is 85.2 Å². The fraction of sp³-hybridized carbons (Fsp3) is 0.190. The Balaban J connectivity index is 1.68. The minimum absolute atomic E-state index is 0.0345. The van der Waals surface area contributed by atoms with E-state index in [-0.39, 0.29) is 18.2 Å². The zero-order valence-electron chi connectivity index (χ0n) is 16.2. The highest BCUT2D eigenvalue weighted by Crippen LogP contribution is 2.35. The van der Waals surface area contributed by atoms with E-state index in [1.807, 2.05) is 31.2 Å². The van der Waals surface area contributed by atoms with Gasteiger partial charge >= 0.3 is 0 Å². The highest BCUT2D eigenvalue weighted by atomic mass is 35.5. The van der Waals surface area contributed by atoms with E-state index in [9.17, 15) is 9.59 Å². The van der Waals surface area contributed by atoms with Gasteiger partial charge in [-0.2, -0.15) is 5.10 Å². The number of methoxy groups -OCH3 is 1. The van der Waals surface area contributed by atoms with Gasteiger partial charge in [-0.25, -0.2) is 4.68 Å². The van der Waals surface area contributed by atoms with Gasteiger partial charge < -0.3 is 15.4 Å². The van der Waals surface area contributed by atoms with Crippen LogP contribution in [0.2, 0.25) is 10.0 Å². The van der Waals surface area contributed by atoms with Gasteiger partial charge in [-0.15, -0.1) is 0 Å². The Hall–Kier alpha value is -3.03. The normalized spacial score (nSPS) is 15.3. The number of amides is 2. The number of halogens is 2. The second-order valence-electron chi connectivity index (χ2n) is 6.88. The van der Waals surface area contributed by atoms with Crippen molar-refractivity contribution in [3.8, 4) is 17.0 Å². The Labute approximate surface area is 182 Å². The number of ether oxygens (including phenoxy) is 1. The van der Waals surface area contributed by atoms with Gasteiger partial charge in [-0.05, 0) is 49.4 Å². The van der Waals surface area contributed by atoms with Crippen LogP contribution < -0.4 is 15.4 Å². The quantitative estimate of drug-likeness (QED) is 0.610. The summed E-state index contributed by atoms with van der Waals surface area (Å²) in [5, 5.41) is 11.0. The van der Waals surface area contributed by atoms with Crippen molar-refractivity contribution < 1.29 is 14.3 Å². The third-order valence-electron chi connectivity index (χ3n) is 4.93. The lowest BCUT2D eigenvalue weighted by Crippen LogP contribution is -2.36. The standard InChI is InChI=1S/C21H18Cl2N4O3/c1-11-19(12-3-6-14(30-2)7-4-12)26-27-17(10-18(28)25-20(11)27)21(29)24-16-8-5-13(22)9-15(16)23/h3-9,17H,10H2,1-2H3,(H,24,29)(H,25,28)/t17-/m1/s1. The number of nitrogens with one attached hydrogen (secondary N) is 2. The van der Waals surface area contributed by atoms with Crippen LogP contribution in [0.3, 0.4) is 0 Å². The molecule has 0 saturated heterocycles. The number of hydrogen-bond donors (Lipinski definition) is 2. The van der Waals surface area contributed by atoms with E-state index >= 15 is 0 Å². The summed E-state index contributed by atoms with van der Waals surface area (Å²) >= 11 is 12.1. The summed E-state index contributed by atoms with van der Waals surface area (Å²) in [5.41, 5.74) is 2.72. The zero-order chi connectivity index (χ0) is 21.4. The second-order valence-corrected chi connectivity index (χ2v) is 7.72. The highest BCUT2D eigenvalue weighted by molar-refractivity contribution is 6.36. The predicted molar refractivity (Wildman–Crippen MR) is 116 cm³/mol. The first-order chi connectivity index (χ1) is 14.4. The first-order valence-electron chi connectivity index (χ1n) is 9.16. The summed E-state index contributed by atoms with van der Waals surface area (Å²) in [7, 11) is 1.60. The summed E-state index contributed by atoms with van der Waals surface area (Å²) in [6, 6.07) is 11.4. The first kappa shape index (κ1) is 20.3. The highest BCUT2D eigenvalue weighted by Gasteiger charge is 2.34. The average molecular weight is 445 g/mol. The first-order valence-corrected chi connectivity index (χ1v) is 9.92. The molecule has 1 aliphatic rings. The van der Waals surface area contributed by atoms with E-state index in [1.165, 1.54) is 6.07 Å². The van der Waals surface area contributed by atoms with E-state index in [4.69, 9.17) is 27.9 Å². The lowest BCUT2D eigenvalue weighted by atomic mass is 10.1. The van der Waals surface area contributed by atoms with Crippen LogP contribution in [0.1, 0.15) is 18.0 Å². The Morgan fingerprint density at radius 2 is 1.97 bits per heavy atom. The maximum absolute atomic E-state index is 13.0. The number of nitrogens with zero attached hydrogens (tertiary/aromatic N) is 2. The molecule has 2 aromatic carbocycles. The molecule has 2 heterocycles. The molecule has 2 amide bonds. The SMILES string of the molecule is COc1ccc(-c2nn3c(c2C)NC(=O)C[C@@H]3C(=O)Nc2ccc(Cl)cc2Cl)cc1. The van der Waals surface area contributed by atoms with Crippen molar-refractivity contribution in [1.29, 1.82) is 0 Å². The fourth-order valence-electron chi connectivity index (χ4n) is 3.37. The van der Waals surface area contributed by atoms with Crippen LogP contribution in [0.5, 0.6) is 5.75 Å². The van der Waals surface area contributed by atoms with Crippen LogP contribution in [-0.2, 0) is 9.59 Å². The number of carbonyl (C=O) groups is 2. The number of aromatic nitrogens is 2. The molecule has 0 saturated carbocycles. The van der Waals surface area contributed by atoms with Crippen molar-refractivity contribution in [2.75, 3.05) is 17.7 Å². The van der Waals surface area contributed by atoms with E-state index in [0.717, 1.165) is 16.9 Å². The number of hydrogen-bond acceptors (Lipinski definition) is 4. The molecule has 0 bridgehead atoms. The number of anilines is 2. The molecular weight excluding hydrogens is 427 g/mol. The third-order valence-corrected chi connectivity index (χ3v) is 5.48. The molecule has 3 aromatic rings. The summed E-state index contributed by atoms with van der Waals surface area (Å²) < 4.78 is 6.75. The Morgan fingerprint density at radius 3 is 2.63 bits per heavy atom. The lowest BCUT2D eigenvalue weighted by Gasteiger charge is -2.24. The molecule has 30 heavy (non-hydrogen) atoms. The molecule has 0 spiro atoms. The van der Waals surface area contributed by atoms with Gasteiger partial charge in [0, 0.05) is 16.1 Å². The molecule has 0 unspecified atom stereocenters. The Bertz CT molecular complexity index is 1140. The molecule has 0 radical (unpaired) electrons. The van der Waals surface area contributed by atoms with Crippen LogP contribution >= 0.6 is 23.2 Å². The van der Waals surface area contributed by atoms with Crippen LogP contribution in [0, 0.1) is 6.92 Å². The predicted octanol–water partition coefficient (Wildman–Crippen LogP) is 4.70. The smallest absolute Gasteiger partial charge is 0.249 e. The molecule has 1 atom stereocenters. The van der Waals surface area contributed by atoms with E-state index in [1.54, 1.807) is 23.9 Å². The van der Waals surface area contributed by atoms with Crippen molar-refractivity contribution in [2.24, 2.45) is 0 Å². The van der Waals surface area contributed by atoms with Crippen molar-refractivity contribution >= 4 is 46.5 Å². The molecule has 154 valence electrons. The van der Waals surface area contributed by atoms with Gasteiger partial charge in [-0.1, -0.05) is 23.2 Å². The summed E-state index contributed by atoms with van der Waals surface area (Å²) in [6.45, 7) is 1.86. The van der Waals surface area contributed by atoms with Crippen LogP contribution in [0.4, 0.5) is 11.5 Å². The maximum Gasteiger partial charge on any atom is 0.249 e. The van der Waals surface area contributed by atoms with E-state index < -0.39 is 6.04 Å². The minimum Gasteiger partial charge on any atom is -0.497 e. The van der Waals surface area contributed by atoms with Crippen molar-refractivity contribution in [2.45, 2.75) is 19.4 Å². The van der Waals surface area contributed by atoms with Gasteiger partial charge in [0.15, 0.2) is 0 Å². The molecular formula is C21H18Cl2N4O3. The summed E-state index contributed by atoms with van der Waals surface area (Å²) in [4.78, 5) is 25.3. The van der Waals surface area contributed by atoms with Gasteiger partial charge in [0.1, 0.15) is 17.6 Å². The number of fused-ring (bicyclic) bond motifs is 1. The minimum atomic E-state index is -0.814. The summed E-state index contributed by atoms with van der Waals surface area (Å²) in [5.74, 6) is 0.582. The van der Waals surface area contributed by atoms with Gasteiger partial charge in [0.05, 0.1) is 29.9 Å². The Kier molecular flexibility index (Phi) is 5.40. The zero-order valence-corrected chi connectivity index (χ0v) is 17.7. The van der Waals surface area contributed by atoms with Gasteiger partial charge in [0.2, 0.25) is 11.8 Å². The Morgan fingerprint density at radius 1 is 1.23 bits per heavy atom. The third kappa shape index (κ3) is 3.74. The number of carbonyl (C=O) groups excluding carboxylic acids is 2. The fourth-order valence-corrected chi connectivity index (χ4v) is 3.83. The summed E-state index contributed by atoms with van der Waals surface area (Å²) in [6.07, 6.45) is -0.0345. The monoisotopic (exact) mass is 444 g/mol. The number of rotatable bonds is 4. The molecule has 0 aliphatic carbocycles. The average Bonchev–Trinajstić information content (AvgIpc) is 3.06. The van der Waals surface area contributed by atoms with Crippen LogP contribution in [0.25, 0.3) is 11.3 Å².